The summed E-state index contributed by atoms with van der Waals surface area (Å²) in [6.45, 7) is -0.757. The Kier molecular flexibility index (Phi) is 2.80. The average Bonchev–Trinajstić information content (AvgIpc) is 2.41. The van der Waals surface area contributed by atoms with E-state index in [1.54, 1.807) is 0 Å². The second-order valence-corrected chi connectivity index (χ2v) is 6.68. The van der Waals surface area contributed by atoms with Gasteiger partial charge in [0.1, 0.15) is 12.1 Å². The van der Waals surface area contributed by atoms with Gasteiger partial charge in [-0.15, -0.1) is 0 Å². The van der Waals surface area contributed by atoms with E-state index in [9.17, 15) is 22.8 Å². The molecule has 0 aromatic carbocycles. The maximum absolute atomic E-state index is 12.0. The first-order chi connectivity index (χ1) is 8.26. The molecule has 100 valence electrons. The van der Waals surface area contributed by atoms with E-state index in [0.29, 0.717) is 4.90 Å². The summed E-state index contributed by atoms with van der Waals surface area (Å²) in [5.41, 5.74) is -1.47. The summed E-state index contributed by atoms with van der Waals surface area (Å²) in [4.78, 5) is 34.7. The maximum atomic E-state index is 12.0. The Balaban J connectivity index is 2.29. The second kappa shape index (κ2) is 3.94. The summed E-state index contributed by atoms with van der Waals surface area (Å²) < 4.78 is 23.1. The zero-order chi connectivity index (χ0) is 13.6. The molecule has 0 aliphatic carbocycles. The van der Waals surface area contributed by atoms with Crippen LogP contribution in [0, 0.1) is 0 Å². The quantitative estimate of drug-likeness (QED) is 0.596. The molecule has 8 nitrogen and oxygen atoms in total. The van der Waals surface area contributed by atoms with Gasteiger partial charge in [0, 0.05) is 0 Å². The number of carbonyl (C=O) groups excluding carboxylic acids is 2. The summed E-state index contributed by atoms with van der Waals surface area (Å²) in [5.74, 6) is -2.57. The second-order valence-electron chi connectivity index (χ2n) is 4.49. The molecular weight excluding hydrogens is 264 g/mol. The number of carbonyl (C=O) groups is 3. The molecule has 9 heteroatoms. The molecule has 2 aliphatic heterocycles. The van der Waals surface area contributed by atoms with E-state index in [-0.39, 0.29) is 18.6 Å². The van der Waals surface area contributed by atoms with Gasteiger partial charge in [-0.3, -0.25) is 14.5 Å². The van der Waals surface area contributed by atoms with Crippen molar-refractivity contribution in [3.05, 3.63) is 0 Å². The van der Waals surface area contributed by atoms with Crippen LogP contribution in [0.15, 0.2) is 0 Å². The monoisotopic (exact) mass is 276 g/mol. The van der Waals surface area contributed by atoms with E-state index < -0.39 is 45.6 Å². The lowest BCUT2D eigenvalue weighted by Crippen LogP contribution is -2.55. The lowest BCUT2D eigenvalue weighted by atomic mass is 9.95. The molecule has 2 saturated heterocycles. The summed E-state index contributed by atoms with van der Waals surface area (Å²) in [6.07, 6.45) is 0.488. The highest BCUT2D eigenvalue weighted by Crippen LogP contribution is 2.29. The van der Waals surface area contributed by atoms with Gasteiger partial charge in [-0.2, -0.15) is 0 Å². The van der Waals surface area contributed by atoms with E-state index in [2.05, 4.69) is 5.32 Å². The number of carboxylic acid groups (broad SMARTS) is 1. The number of carboxylic acids is 1. The third-order valence-corrected chi connectivity index (χ3v) is 4.91. The highest BCUT2D eigenvalue weighted by atomic mass is 32.2. The van der Waals surface area contributed by atoms with Crippen molar-refractivity contribution < 1.29 is 27.9 Å². The molecule has 0 radical (unpaired) electrons. The Labute approximate surface area is 103 Å². The van der Waals surface area contributed by atoms with Gasteiger partial charge in [-0.25, -0.2) is 13.2 Å². The minimum Gasteiger partial charge on any atom is -0.480 e. The van der Waals surface area contributed by atoms with Gasteiger partial charge < -0.3 is 10.4 Å². The molecule has 0 bridgehead atoms. The van der Waals surface area contributed by atoms with Crippen molar-refractivity contribution in [1.82, 2.24) is 10.2 Å². The molecule has 0 aromatic heterocycles. The summed E-state index contributed by atoms with van der Waals surface area (Å²) in [7, 11) is -3.39. The lowest BCUT2D eigenvalue weighted by molar-refractivity contribution is -0.142. The molecule has 2 rings (SSSR count). The zero-order valence-corrected chi connectivity index (χ0v) is 10.2. The van der Waals surface area contributed by atoms with Gasteiger partial charge in [-0.05, 0) is 12.8 Å². The molecule has 2 heterocycles. The Hall–Kier alpha value is -1.64. The molecule has 3 amide bonds. The number of imide groups is 1. The number of nitrogens with one attached hydrogen (secondary N) is 1. The molecule has 2 fully saturated rings. The molecular formula is C9H12N2O6S. The van der Waals surface area contributed by atoms with Crippen molar-refractivity contribution in [2.45, 2.75) is 18.4 Å². The van der Waals surface area contributed by atoms with Gasteiger partial charge in [0.25, 0.3) is 5.91 Å². The SMILES string of the molecule is O=C(O)CN1C(=O)NC2(CCCS(=O)(=O)C2)C1=O. The topological polar surface area (TPSA) is 121 Å². The molecule has 1 atom stereocenters. The van der Waals surface area contributed by atoms with Crippen molar-refractivity contribution in [3.63, 3.8) is 0 Å². The molecule has 2 aliphatic rings. The number of sulfone groups is 1. The predicted octanol–water partition coefficient (Wildman–Crippen LogP) is -1.43. The average molecular weight is 276 g/mol. The van der Waals surface area contributed by atoms with Gasteiger partial charge in [0.15, 0.2) is 9.84 Å². The van der Waals surface area contributed by atoms with Crippen LogP contribution in [0.25, 0.3) is 0 Å². The molecule has 1 spiro atoms. The first-order valence-corrected chi connectivity index (χ1v) is 7.14. The van der Waals surface area contributed by atoms with Crippen molar-refractivity contribution in [1.29, 1.82) is 0 Å². The van der Waals surface area contributed by atoms with Crippen LogP contribution >= 0.6 is 0 Å². The van der Waals surface area contributed by atoms with Crippen LogP contribution in [0.2, 0.25) is 0 Å². The number of nitrogens with zero attached hydrogens (tertiary/aromatic N) is 1. The largest absolute Gasteiger partial charge is 0.480 e. The molecule has 0 saturated carbocycles. The maximum Gasteiger partial charge on any atom is 0.325 e. The zero-order valence-electron chi connectivity index (χ0n) is 9.38. The van der Waals surface area contributed by atoms with Crippen LogP contribution in [0.1, 0.15) is 12.8 Å². The minimum absolute atomic E-state index is 0.0170. The Morgan fingerprint density at radius 3 is 2.67 bits per heavy atom. The number of aliphatic carboxylic acids is 1. The van der Waals surface area contributed by atoms with Crippen LogP contribution in [-0.2, 0) is 19.4 Å². The van der Waals surface area contributed by atoms with Crippen LogP contribution in [-0.4, -0.2) is 59.9 Å². The minimum atomic E-state index is -3.39. The standard InChI is InChI=1S/C9H12N2O6S/c12-6(13)4-11-7(14)9(10-8(11)15)2-1-3-18(16,17)5-9/h1-5H2,(H,10,15)(H,12,13). The van der Waals surface area contributed by atoms with E-state index in [1.807, 2.05) is 0 Å². The Bertz CT molecular complexity index is 527. The number of amides is 3. The molecule has 18 heavy (non-hydrogen) atoms. The van der Waals surface area contributed by atoms with Crippen molar-refractivity contribution in [2.75, 3.05) is 18.1 Å². The van der Waals surface area contributed by atoms with Crippen LogP contribution in [0.5, 0.6) is 0 Å². The fourth-order valence-corrected chi connectivity index (χ4v) is 4.16. The number of hydrogen-bond acceptors (Lipinski definition) is 5. The third kappa shape index (κ3) is 2.05. The highest BCUT2D eigenvalue weighted by molar-refractivity contribution is 7.91. The van der Waals surface area contributed by atoms with Gasteiger partial charge in [0.05, 0.1) is 11.5 Å². The normalized spacial score (nSPS) is 30.6. The molecule has 1 unspecified atom stereocenters. The first kappa shape index (κ1) is 12.8. The lowest BCUT2D eigenvalue weighted by Gasteiger charge is -2.30. The van der Waals surface area contributed by atoms with Gasteiger partial charge in [-0.1, -0.05) is 0 Å². The van der Waals surface area contributed by atoms with Gasteiger partial charge in [0.2, 0.25) is 0 Å². The highest BCUT2D eigenvalue weighted by Gasteiger charge is 2.55. The Morgan fingerprint density at radius 2 is 2.11 bits per heavy atom. The van der Waals surface area contributed by atoms with E-state index in [4.69, 9.17) is 5.11 Å². The fraction of sp³-hybridized carbons (Fsp3) is 0.667. The van der Waals surface area contributed by atoms with Crippen molar-refractivity contribution in [3.8, 4) is 0 Å². The van der Waals surface area contributed by atoms with E-state index in [0.717, 1.165) is 0 Å². The molecule has 2 N–H and O–H groups in total. The number of hydrogen-bond donors (Lipinski definition) is 2. The van der Waals surface area contributed by atoms with E-state index in [1.165, 1.54) is 0 Å². The van der Waals surface area contributed by atoms with Crippen LogP contribution in [0.4, 0.5) is 4.79 Å². The first-order valence-electron chi connectivity index (χ1n) is 5.32. The number of rotatable bonds is 2. The van der Waals surface area contributed by atoms with Crippen LogP contribution in [0.3, 0.4) is 0 Å². The van der Waals surface area contributed by atoms with E-state index >= 15 is 0 Å². The summed E-state index contributed by atoms with van der Waals surface area (Å²) in [6, 6.07) is -0.848. The van der Waals surface area contributed by atoms with Crippen LogP contribution < -0.4 is 5.32 Å². The summed E-state index contributed by atoms with van der Waals surface area (Å²) in [5, 5.41) is 10.9. The van der Waals surface area contributed by atoms with Crippen molar-refractivity contribution in [2.24, 2.45) is 0 Å². The summed E-state index contributed by atoms with van der Waals surface area (Å²) >= 11 is 0. The third-order valence-electron chi connectivity index (χ3n) is 3.06. The number of urea groups is 1. The predicted molar refractivity (Wildman–Crippen MR) is 58.5 cm³/mol. The molecule has 0 aromatic rings. The smallest absolute Gasteiger partial charge is 0.325 e. The van der Waals surface area contributed by atoms with Crippen molar-refractivity contribution >= 4 is 27.7 Å². The fourth-order valence-electron chi connectivity index (χ4n) is 2.34. The Morgan fingerprint density at radius 1 is 1.44 bits per heavy atom. The van der Waals surface area contributed by atoms with Gasteiger partial charge >= 0.3 is 12.0 Å².